The highest BCUT2D eigenvalue weighted by molar-refractivity contribution is 6.30. The Labute approximate surface area is 135 Å². The average Bonchev–Trinajstić information content (AvgIpc) is 2.94. The average molecular weight is 329 g/mol. The highest BCUT2D eigenvalue weighted by Crippen LogP contribution is 2.30. The molecule has 0 spiro atoms. The summed E-state index contributed by atoms with van der Waals surface area (Å²) < 4.78 is 5.63. The lowest BCUT2D eigenvalue weighted by molar-refractivity contribution is -0.128. The van der Waals surface area contributed by atoms with E-state index in [1.807, 2.05) is 23.1 Å². The summed E-state index contributed by atoms with van der Waals surface area (Å²) in [6, 6.07) is 5.58. The Morgan fingerprint density at radius 3 is 3.05 bits per heavy atom. The minimum Gasteiger partial charge on any atom is -0.488 e. The molecule has 0 bridgehead atoms. The Morgan fingerprint density at radius 2 is 2.29 bits per heavy atom. The SMILES string of the molecule is Cl.NCC1CCCN1C(=O)C1=Cc2cc(Cl)ccc2OC1. The second-order valence-electron chi connectivity index (χ2n) is 5.17. The van der Waals surface area contributed by atoms with E-state index in [9.17, 15) is 4.79 Å². The quantitative estimate of drug-likeness (QED) is 0.907. The first-order valence-electron chi connectivity index (χ1n) is 6.83. The van der Waals surface area contributed by atoms with Gasteiger partial charge in [0.05, 0.1) is 5.57 Å². The number of ether oxygens (including phenoxy) is 1. The van der Waals surface area contributed by atoms with E-state index in [-0.39, 0.29) is 24.4 Å². The second-order valence-corrected chi connectivity index (χ2v) is 5.61. The largest absolute Gasteiger partial charge is 0.488 e. The van der Waals surface area contributed by atoms with Crippen LogP contribution in [0.1, 0.15) is 18.4 Å². The fraction of sp³-hybridized carbons (Fsp3) is 0.400. The van der Waals surface area contributed by atoms with Gasteiger partial charge in [-0.2, -0.15) is 0 Å². The maximum absolute atomic E-state index is 12.6. The summed E-state index contributed by atoms with van der Waals surface area (Å²) in [4.78, 5) is 14.4. The number of nitrogens with zero attached hydrogens (tertiary/aromatic N) is 1. The molecule has 1 fully saturated rings. The minimum atomic E-state index is 0. The minimum absolute atomic E-state index is 0. The molecule has 0 radical (unpaired) electrons. The van der Waals surface area contributed by atoms with E-state index in [2.05, 4.69) is 0 Å². The predicted molar refractivity (Wildman–Crippen MR) is 86.0 cm³/mol. The molecule has 1 aromatic carbocycles. The van der Waals surface area contributed by atoms with Crippen molar-refractivity contribution in [1.29, 1.82) is 0 Å². The summed E-state index contributed by atoms with van der Waals surface area (Å²) in [5.74, 6) is 0.798. The van der Waals surface area contributed by atoms with Crippen LogP contribution in [0.15, 0.2) is 23.8 Å². The van der Waals surface area contributed by atoms with Crippen molar-refractivity contribution in [2.24, 2.45) is 5.73 Å². The van der Waals surface area contributed by atoms with E-state index in [0.717, 1.165) is 30.7 Å². The number of nitrogens with two attached hydrogens (primary N) is 1. The highest BCUT2D eigenvalue weighted by atomic mass is 35.5. The van der Waals surface area contributed by atoms with Gasteiger partial charge in [-0.25, -0.2) is 0 Å². The predicted octanol–water partition coefficient (Wildman–Crippen LogP) is 2.49. The zero-order valence-electron chi connectivity index (χ0n) is 11.5. The van der Waals surface area contributed by atoms with Crippen LogP contribution < -0.4 is 10.5 Å². The van der Waals surface area contributed by atoms with Gasteiger partial charge in [-0.15, -0.1) is 12.4 Å². The van der Waals surface area contributed by atoms with Crippen LogP contribution in [0.25, 0.3) is 6.08 Å². The van der Waals surface area contributed by atoms with E-state index < -0.39 is 0 Å². The van der Waals surface area contributed by atoms with Gasteiger partial charge >= 0.3 is 0 Å². The zero-order valence-corrected chi connectivity index (χ0v) is 13.1. The van der Waals surface area contributed by atoms with Crippen LogP contribution in [-0.4, -0.2) is 36.5 Å². The van der Waals surface area contributed by atoms with Crippen molar-refractivity contribution in [2.75, 3.05) is 19.7 Å². The molecule has 6 heteroatoms. The second kappa shape index (κ2) is 6.69. The van der Waals surface area contributed by atoms with Crippen molar-refractivity contribution in [3.8, 4) is 5.75 Å². The molecule has 1 unspecified atom stereocenters. The number of carbonyl (C=O) groups is 1. The molecule has 1 amide bonds. The number of likely N-dealkylation sites (tertiary alicyclic amines) is 1. The summed E-state index contributed by atoms with van der Waals surface area (Å²) >= 11 is 5.98. The lowest BCUT2D eigenvalue weighted by atomic mass is 10.1. The summed E-state index contributed by atoms with van der Waals surface area (Å²) in [7, 11) is 0. The van der Waals surface area contributed by atoms with Crippen molar-refractivity contribution < 1.29 is 9.53 Å². The highest BCUT2D eigenvalue weighted by Gasteiger charge is 2.30. The van der Waals surface area contributed by atoms with Gasteiger partial charge in [-0.3, -0.25) is 4.79 Å². The Kier molecular flexibility index (Phi) is 5.14. The first kappa shape index (κ1) is 16.1. The Bertz CT molecular complexity index is 575. The normalized spacial score (nSPS) is 20.2. The summed E-state index contributed by atoms with van der Waals surface area (Å²) in [5, 5.41) is 0.637. The lowest BCUT2D eigenvalue weighted by Crippen LogP contribution is -2.41. The molecule has 2 N–H and O–H groups in total. The molecule has 2 aliphatic heterocycles. The summed E-state index contributed by atoms with van der Waals surface area (Å²) in [6.45, 7) is 1.60. The third kappa shape index (κ3) is 3.18. The van der Waals surface area contributed by atoms with Gasteiger partial charge in [0.25, 0.3) is 5.91 Å². The van der Waals surface area contributed by atoms with Crippen LogP contribution in [0.5, 0.6) is 5.75 Å². The van der Waals surface area contributed by atoms with E-state index in [1.54, 1.807) is 6.07 Å². The molecule has 21 heavy (non-hydrogen) atoms. The van der Waals surface area contributed by atoms with Crippen molar-refractivity contribution in [3.63, 3.8) is 0 Å². The lowest BCUT2D eigenvalue weighted by Gasteiger charge is -2.26. The molecule has 0 aromatic heterocycles. The number of carbonyl (C=O) groups excluding carboxylic acids is 1. The Morgan fingerprint density at radius 1 is 1.48 bits per heavy atom. The molecule has 114 valence electrons. The molecule has 0 saturated carbocycles. The fourth-order valence-electron chi connectivity index (χ4n) is 2.80. The molecule has 1 aromatic rings. The molecule has 0 aliphatic carbocycles. The number of halogens is 2. The number of fused-ring (bicyclic) bond motifs is 1. The van der Waals surface area contributed by atoms with Gasteiger partial charge in [0.1, 0.15) is 12.4 Å². The monoisotopic (exact) mass is 328 g/mol. The zero-order chi connectivity index (χ0) is 14.1. The van der Waals surface area contributed by atoms with Crippen LogP contribution in [0, 0.1) is 0 Å². The molecular weight excluding hydrogens is 311 g/mol. The first-order chi connectivity index (χ1) is 9.69. The van der Waals surface area contributed by atoms with E-state index in [0.29, 0.717) is 23.7 Å². The van der Waals surface area contributed by atoms with Crippen LogP contribution in [0.2, 0.25) is 5.02 Å². The van der Waals surface area contributed by atoms with Gasteiger partial charge in [-0.1, -0.05) is 11.6 Å². The number of rotatable bonds is 2. The number of hydrogen-bond acceptors (Lipinski definition) is 3. The molecule has 2 heterocycles. The van der Waals surface area contributed by atoms with E-state index >= 15 is 0 Å². The summed E-state index contributed by atoms with van der Waals surface area (Å²) in [5.41, 5.74) is 7.25. The molecular formula is C15H18Cl2N2O2. The molecule has 1 saturated heterocycles. The molecule has 4 nitrogen and oxygen atoms in total. The third-order valence-electron chi connectivity index (χ3n) is 3.87. The smallest absolute Gasteiger partial charge is 0.253 e. The summed E-state index contributed by atoms with van der Waals surface area (Å²) in [6.07, 6.45) is 3.88. The van der Waals surface area contributed by atoms with Gasteiger partial charge in [0, 0.05) is 29.7 Å². The van der Waals surface area contributed by atoms with Gasteiger partial charge in [-0.05, 0) is 37.1 Å². The number of benzene rings is 1. The van der Waals surface area contributed by atoms with Crippen molar-refractivity contribution in [2.45, 2.75) is 18.9 Å². The third-order valence-corrected chi connectivity index (χ3v) is 4.10. The Hall–Kier alpha value is -1.23. The topological polar surface area (TPSA) is 55.6 Å². The first-order valence-corrected chi connectivity index (χ1v) is 7.21. The maximum Gasteiger partial charge on any atom is 0.253 e. The van der Waals surface area contributed by atoms with Crippen LogP contribution in [-0.2, 0) is 4.79 Å². The van der Waals surface area contributed by atoms with Gasteiger partial charge < -0.3 is 15.4 Å². The molecule has 2 aliphatic rings. The Balaban J connectivity index is 0.00000161. The van der Waals surface area contributed by atoms with Gasteiger partial charge in [0.2, 0.25) is 0 Å². The fourth-order valence-corrected chi connectivity index (χ4v) is 2.99. The van der Waals surface area contributed by atoms with Crippen LogP contribution in [0.4, 0.5) is 0 Å². The van der Waals surface area contributed by atoms with Crippen LogP contribution in [0.3, 0.4) is 0 Å². The molecule has 1 atom stereocenters. The maximum atomic E-state index is 12.6. The number of amides is 1. The van der Waals surface area contributed by atoms with Gasteiger partial charge in [0.15, 0.2) is 0 Å². The van der Waals surface area contributed by atoms with Crippen molar-refractivity contribution in [1.82, 2.24) is 4.90 Å². The number of hydrogen-bond donors (Lipinski definition) is 1. The van der Waals surface area contributed by atoms with Crippen molar-refractivity contribution >= 4 is 36.0 Å². The van der Waals surface area contributed by atoms with E-state index in [4.69, 9.17) is 22.1 Å². The standard InChI is InChI=1S/C15H17ClN2O2.ClH/c16-12-3-4-14-10(7-12)6-11(9-20-14)15(19)18-5-1-2-13(18)8-17;/h3-4,6-7,13H,1-2,5,8-9,17H2;1H. The molecule has 3 rings (SSSR count). The van der Waals surface area contributed by atoms with Crippen LogP contribution >= 0.6 is 24.0 Å². The van der Waals surface area contributed by atoms with Crippen molar-refractivity contribution in [3.05, 3.63) is 34.4 Å². The van der Waals surface area contributed by atoms with E-state index in [1.165, 1.54) is 0 Å².